The highest BCUT2D eigenvalue weighted by atomic mass is 32.2. The molecule has 0 aliphatic rings. The van der Waals surface area contributed by atoms with Gasteiger partial charge >= 0.3 is 6.36 Å². The molecule has 0 bridgehead atoms. The molecule has 13 heteroatoms. The number of Topliss-reactive ketones (excluding diaryl/α,β-unsaturated/α-hetero) is 1. The largest absolute Gasteiger partial charge is 0.573 e. The number of anilines is 2. The molecule has 3 aromatic rings. The zero-order valence-corrected chi connectivity index (χ0v) is 17.6. The molecule has 0 radical (unpaired) electrons. The molecule has 0 aliphatic heterocycles. The van der Waals surface area contributed by atoms with Crippen molar-refractivity contribution >= 4 is 51.0 Å². The summed E-state index contributed by atoms with van der Waals surface area (Å²) >= 11 is 3.59. The van der Waals surface area contributed by atoms with Gasteiger partial charge in [-0.2, -0.15) is 5.26 Å². The number of rotatable bonds is 8. The predicted octanol–water partition coefficient (Wildman–Crippen LogP) is 4.91. The van der Waals surface area contributed by atoms with Crippen molar-refractivity contribution in [3.05, 3.63) is 40.3 Å². The first kappa shape index (κ1) is 22.0. The summed E-state index contributed by atoms with van der Waals surface area (Å²) in [5.74, 6) is -1.49. The van der Waals surface area contributed by atoms with Gasteiger partial charge in [-0.25, -0.2) is 4.98 Å². The third-order valence-corrected chi connectivity index (χ3v) is 6.44. The van der Waals surface area contributed by atoms with Crippen LogP contribution in [0.4, 0.5) is 24.0 Å². The lowest BCUT2D eigenvalue weighted by molar-refractivity contribution is -0.274. The van der Waals surface area contributed by atoms with E-state index in [2.05, 4.69) is 25.2 Å². The fourth-order valence-corrected chi connectivity index (χ4v) is 4.71. The van der Waals surface area contributed by atoms with Crippen LogP contribution in [0, 0.1) is 18.3 Å². The Morgan fingerprint density at radius 1 is 1.33 bits per heavy atom. The van der Waals surface area contributed by atoms with E-state index >= 15 is 0 Å². The average Bonchev–Trinajstić information content (AvgIpc) is 3.30. The zero-order valence-electron chi connectivity index (χ0n) is 15.1. The average molecular weight is 472 g/mol. The molecule has 0 fully saturated rings. The van der Waals surface area contributed by atoms with E-state index in [0.29, 0.717) is 20.2 Å². The highest BCUT2D eigenvalue weighted by molar-refractivity contribution is 8.01. The number of aromatic nitrogens is 3. The number of thiazole rings is 1. The Bertz CT molecular complexity index is 1060. The maximum absolute atomic E-state index is 12.4. The van der Waals surface area contributed by atoms with E-state index in [1.54, 1.807) is 12.3 Å². The third kappa shape index (κ3) is 6.15. The van der Waals surface area contributed by atoms with E-state index in [-0.39, 0.29) is 17.3 Å². The topological polar surface area (TPSA) is 101 Å². The second-order valence-electron chi connectivity index (χ2n) is 5.71. The van der Waals surface area contributed by atoms with Crippen molar-refractivity contribution in [3.8, 4) is 11.8 Å². The molecule has 0 amide bonds. The van der Waals surface area contributed by atoms with Crippen LogP contribution in [-0.2, 0) is 4.79 Å². The van der Waals surface area contributed by atoms with Crippen LogP contribution in [0.1, 0.15) is 16.6 Å². The van der Waals surface area contributed by atoms with Gasteiger partial charge in [-0.1, -0.05) is 23.1 Å². The number of carbonyl (C=O) groups is 1. The molecule has 2 heterocycles. The predicted molar refractivity (Wildman–Crippen MR) is 107 cm³/mol. The number of carbonyl (C=O) groups excluding carboxylic acids is 1. The van der Waals surface area contributed by atoms with Crippen LogP contribution in [0.25, 0.3) is 0 Å². The van der Waals surface area contributed by atoms with Gasteiger partial charge < -0.3 is 10.1 Å². The number of hydrogen-bond donors (Lipinski definition) is 1. The minimum absolute atomic E-state index is 0.0367. The minimum Gasteiger partial charge on any atom is -0.406 e. The summed E-state index contributed by atoms with van der Waals surface area (Å²) in [6.45, 7) is 1.79. The molecule has 0 saturated carbocycles. The van der Waals surface area contributed by atoms with Crippen molar-refractivity contribution in [2.75, 3.05) is 11.1 Å². The molecule has 7 nitrogen and oxygen atoms in total. The maximum atomic E-state index is 12.4. The summed E-state index contributed by atoms with van der Waals surface area (Å²) < 4.78 is 40.9. The van der Waals surface area contributed by atoms with Crippen LogP contribution in [-0.4, -0.2) is 33.1 Å². The Hall–Kier alpha value is -2.69. The Kier molecular flexibility index (Phi) is 6.91. The van der Waals surface area contributed by atoms with E-state index in [1.807, 2.05) is 6.07 Å². The van der Waals surface area contributed by atoms with E-state index < -0.39 is 12.3 Å². The van der Waals surface area contributed by atoms with Gasteiger partial charge in [0.1, 0.15) is 10.8 Å². The monoisotopic (exact) mass is 471 g/mol. The molecule has 0 aliphatic carbocycles. The van der Waals surface area contributed by atoms with Gasteiger partial charge in [0.25, 0.3) is 0 Å². The molecule has 0 saturated heterocycles. The van der Waals surface area contributed by atoms with Gasteiger partial charge in [-0.05, 0) is 31.2 Å². The van der Waals surface area contributed by atoms with Gasteiger partial charge in [0, 0.05) is 16.8 Å². The quantitative estimate of drug-likeness (QED) is 0.463. The lowest BCUT2D eigenvalue weighted by Crippen LogP contribution is -2.16. The van der Waals surface area contributed by atoms with Crippen LogP contribution >= 0.6 is 34.4 Å². The van der Waals surface area contributed by atoms with Gasteiger partial charge in [-0.15, -0.1) is 34.7 Å². The molecule has 1 N–H and O–H groups in total. The molecule has 30 heavy (non-hydrogen) atoms. The molecule has 1 aromatic carbocycles. The second kappa shape index (κ2) is 9.41. The number of alkyl halides is 3. The standard InChI is InChI=1S/C17H12F3N5O2S3/c1-9-7-28-14(22-9)12(6-21)13(26)8-29-16-25-24-15(30-16)23-10-2-4-11(5-3-10)27-17(18,19)20/h2-5,7,12H,8H2,1H3,(H,23,24)/t12-/m0/s1. The lowest BCUT2D eigenvalue weighted by atomic mass is 10.1. The summed E-state index contributed by atoms with van der Waals surface area (Å²) in [6.07, 6.45) is -4.75. The molecule has 3 rings (SSSR count). The maximum Gasteiger partial charge on any atom is 0.573 e. The summed E-state index contributed by atoms with van der Waals surface area (Å²) in [5, 5.41) is 22.8. The number of thioether (sulfide) groups is 1. The van der Waals surface area contributed by atoms with E-state index in [4.69, 9.17) is 0 Å². The number of nitrogens with zero attached hydrogens (tertiary/aromatic N) is 4. The zero-order chi connectivity index (χ0) is 21.7. The van der Waals surface area contributed by atoms with Crippen molar-refractivity contribution in [3.63, 3.8) is 0 Å². The van der Waals surface area contributed by atoms with Crippen LogP contribution in [0.2, 0.25) is 0 Å². The number of ether oxygens (including phenoxy) is 1. The summed E-state index contributed by atoms with van der Waals surface area (Å²) in [4.78, 5) is 16.6. The first-order valence-electron chi connectivity index (χ1n) is 8.17. The van der Waals surface area contributed by atoms with E-state index in [1.165, 1.54) is 46.9 Å². The highest BCUT2D eigenvalue weighted by Gasteiger charge is 2.31. The number of halogens is 3. The first-order valence-corrected chi connectivity index (χ1v) is 10.8. The van der Waals surface area contributed by atoms with Gasteiger partial charge in [0.05, 0.1) is 11.8 Å². The summed E-state index contributed by atoms with van der Waals surface area (Å²) in [7, 11) is 0. The van der Waals surface area contributed by atoms with E-state index in [9.17, 15) is 23.2 Å². The molecular weight excluding hydrogens is 459 g/mol. The number of aryl methyl sites for hydroxylation is 1. The van der Waals surface area contributed by atoms with Crippen LogP contribution < -0.4 is 10.1 Å². The normalized spacial score (nSPS) is 12.2. The number of nitrogens with one attached hydrogen (secondary N) is 1. The highest BCUT2D eigenvalue weighted by Crippen LogP contribution is 2.30. The van der Waals surface area contributed by atoms with Crippen molar-refractivity contribution < 1.29 is 22.7 Å². The van der Waals surface area contributed by atoms with Crippen molar-refractivity contribution in [2.45, 2.75) is 23.5 Å². The van der Waals surface area contributed by atoms with Gasteiger partial charge in [0.2, 0.25) is 5.13 Å². The number of hydrogen-bond acceptors (Lipinski definition) is 10. The van der Waals surface area contributed by atoms with Crippen LogP contribution in [0.15, 0.2) is 34.0 Å². The fraction of sp³-hybridized carbons (Fsp3) is 0.235. The Labute approximate surface area is 180 Å². The molecule has 156 valence electrons. The van der Waals surface area contributed by atoms with Crippen molar-refractivity contribution in [1.29, 1.82) is 5.26 Å². The van der Waals surface area contributed by atoms with E-state index in [0.717, 1.165) is 17.5 Å². The van der Waals surface area contributed by atoms with Gasteiger partial charge in [-0.3, -0.25) is 4.79 Å². The minimum atomic E-state index is -4.75. The number of nitriles is 1. The first-order chi connectivity index (χ1) is 14.2. The smallest absolute Gasteiger partial charge is 0.406 e. The van der Waals surface area contributed by atoms with Crippen molar-refractivity contribution in [2.24, 2.45) is 0 Å². The van der Waals surface area contributed by atoms with Crippen LogP contribution in [0.3, 0.4) is 0 Å². The SMILES string of the molecule is Cc1csc([C@@H](C#N)C(=O)CSc2nnc(Nc3ccc(OC(F)(F)F)cc3)s2)n1. The summed E-state index contributed by atoms with van der Waals surface area (Å²) in [5.41, 5.74) is 1.26. The molecular formula is C17H12F3N5O2S3. The molecule has 1 atom stereocenters. The van der Waals surface area contributed by atoms with Crippen LogP contribution in [0.5, 0.6) is 5.75 Å². The molecule has 0 unspecified atom stereocenters. The Balaban J connectivity index is 1.55. The lowest BCUT2D eigenvalue weighted by Gasteiger charge is -2.09. The Morgan fingerprint density at radius 2 is 2.07 bits per heavy atom. The number of benzene rings is 1. The third-order valence-electron chi connectivity index (χ3n) is 3.42. The van der Waals surface area contributed by atoms with Gasteiger partial charge in [0.15, 0.2) is 16.0 Å². The molecule has 0 spiro atoms. The summed E-state index contributed by atoms with van der Waals surface area (Å²) in [6, 6.07) is 7.15. The fourth-order valence-electron chi connectivity index (χ4n) is 2.17. The second-order valence-corrected chi connectivity index (χ2v) is 8.80. The Morgan fingerprint density at radius 3 is 2.67 bits per heavy atom. The van der Waals surface area contributed by atoms with Crippen molar-refractivity contribution in [1.82, 2.24) is 15.2 Å². The number of ketones is 1. The molecule has 2 aromatic heterocycles.